The molecule has 2 N–H and O–H groups in total. The van der Waals surface area contributed by atoms with Crippen LogP contribution in [0.2, 0.25) is 0 Å². The predicted molar refractivity (Wildman–Crippen MR) is 67.8 cm³/mol. The van der Waals surface area contributed by atoms with Crippen LogP contribution in [0.15, 0.2) is 0 Å². The van der Waals surface area contributed by atoms with Crippen LogP contribution < -0.4 is 5.73 Å². The van der Waals surface area contributed by atoms with Crippen molar-refractivity contribution in [3.63, 3.8) is 0 Å². The molecule has 0 amide bonds. The molecule has 1 saturated carbocycles. The van der Waals surface area contributed by atoms with Crippen LogP contribution in [0.1, 0.15) is 66.7 Å². The molecule has 2 atom stereocenters. The van der Waals surface area contributed by atoms with Gasteiger partial charge < -0.3 is 5.73 Å². The lowest BCUT2D eigenvalue weighted by atomic mass is 9.60. The Hall–Kier alpha value is -0.0400. The molecule has 0 aromatic rings. The van der Waals surface area contributed by atoms with E-state index in [1.807, 2.05) is 0 Å². The maximum atomic E-state index is 6.69. The van der Waals surface area contributed by atoms with Crippen molar-refractivity contribution in [1.29, 1.82) is 0 Å². The predicted octanol–water partition coefficient (Wildman–Crippen LogP) is 3.97. The van der Waals surface area contributed by atoms with Gasteiger partial charge in [-0.3, -0.25) is 0 Å². The molecule has 0 saturated heterocycles. The largest absolute Gasteiger partial charge is 0.325 e. The van der Waals surface area contributed by atoms with Crippen LogP contribution in [0.5, 0.6) is 0 Å². The molecule has 1 aliphatic carbocycles. The molecule has 1 fully saturated rings. The van der Waals surface area contributed by atoms with Gasteiger partial charge in [0.05, 0.1) is 0 Å². The molecule has 1 nitrogen and oxygen atoms in total. The van der Waals surface area contributed by atoms with Gasteiger partial charge in [0, 0.05) is 5.54 Å². The van der Waals surface area contributed by atoms with E-state index >= 15 is 0 Å². The van der Waals surface area contributed by atoms with Crippen LogP contribution in [0.25, 0.3) is 0 Å². The zero-order valence-corrected chi connectivity index (χ0v) is 11.3. The Morgan fingerprint density at radius 2 is 1.73 bits per heavy atom. The first-order valence-electron chi connectivity index (χ1n) is 6.62. The van der Waals surface area contributed by atoms with Gasteiger partial charge in [0.25, 0.3) is 0 Å². The van der Waals surface area contributed by atoms with E-state index in [0.717, 1.165) is 5.92 Å². The molecule has 0 bridgehead atoms. The first-order valence-corrected chi connectivity index (χ1v) is 6.62. The van der Waals surface area contributed by atoms with Gasteiger partial charge in [-0.1, -0.05) is 47.5 Å². The first-order chi connectivity index (χ1) is 6.83. The van der Waals surface area contributed by atoms with E-state index in [1.165, 1.54) is 32.1 Å². The van der Waals surface area contributed by atoms with Gasteiger partial charge in [-0.2, -0.15) is 0 Å². The highest BCUT2D eigenvalue weighted by Crippen LogP contribution is 2.46. The molecule has 0 radical (unpaired) electrons. The molecule has 1 aliphatic rings. The summed E-state index contributed by atoms with van der Waals surface area (Å²) in [5.41, 5.74) is 7.23. The second kappa shape index (κ2) is 4.45. The van der Waals surface area contributed by atoms with Crippen molar-refractivity contribution in [3.05, 3.63) is 0 Å². The SMILES string of the molecule is CCC(CC)C1(N)CC(C)CC(C)(C)C1. The van der Waals surface area contributed by atoms with Crippen molar-refractivity contribution in [2.24, 2.45) is 23.0 Å². The van der Waals surface area contributed by atoms with Crippen LogP contribution in [0, 0.1) is 17.3 Å². The molecule has 0 aromatic carbocycles. The van der Waals surface area contributed by atoms with Gasteiger partial charge in [-0.05, 0) is 36.5 Å². The Balaban J connectivity index is 2.82. The first kappa shape index (κ1) is 13.0. The Kier molecular flexibility index (Phi) is 3.86. The van der Waals surface area contributed by atoms with E-state index in [9.17, 15) is 0 Å². The minimum Gasteiger partial charge on any atom is -0.325 e. The summed E-state index contributed by atoms with van der Waals surface area (Å²) in [6.07, 6.45) is 6.23. The molecular formula is C14H29N. The molecule has 0 spiro atoms. The number of hydrogen-bond acceptors (Lipinski definition) is 1. The fourth-order valence-corrected chi connectivity index (χ4v) is 4.11. The standard InChI is InChI=1S/C14H29N/c1-6-12(7-2)14(15)9-11(3)8-13(4,5)10-14/h11-12H,6-10,15H2,1-5H3. The van der Waals surface area contributed by atoms with E-state index in [0.29, 0.717) is 11.3 Å². The monoisotopic (exact) mass is 211 g/mol. The molecule has 2 unspecified atom stereocenters. The van der Waals surface area contributed by atoms with E-state index in [4.69, 9.17) is 5.73 Å². The van der Waals surface area contributed by atoms with E-state index in [1.54, 1.807) is 0 Å². The van der Waals surface area contributed by atoms with Gasteiger partial charge in [0.1, 0.15) is 0 Å². The minimum absolute atomic E-state index is 0.102. The van der Waals surface area contributed by atoms with Crippen LogP contribution in [-0.2, 0) is 0 Å². The van der Waals surface area contributed by atoms with E-state index < -0.39 is 0 Å². The summed E-state index contributed by atoms with van der Waals surface area (Å²) in [5.74, 6) is 1.50. The molecular weight excluding hydrogens is 182 g/mol. The van der Waals surface area contributed by atoms with Crippen molar-refractivity contribution >= 4 is 0 Å². The smallest absolute Gasteiger partial charge is 0.0190 e. The summed E-state index contributed by atoms with van der Waals surface area (Å²) in [4.78, 5) is 0. The van der Waals surface area contributed by atoms with Crippen molar-refractivity contribution in [3.8, 4) is 0 Å². The summed E-state index contributed by atoms with van der Waals surface area (Å²) < 4.78 is 0. The summed E-state index contributed by atoms with van der Waals surface area (Å²) in [6, 6.07) is 0. The van der Waals surface area contributed by atoms with Crippen LogP contribution in [0.3, 0.4) is 0 Å². The summed E-state index contributed by atoms with van der Waals surface area (Å²) in [6.45, 7) is 11.7. The lowest BCUT2D eigenvalue weighted by Crippen LogP contribution is -2.54. The Morgan fingerprint density at radius 3 is 2.13 bits per heavy atom. The lowest BCUT2D eigenvalue weighted by molar-refractivity contribution is 0.0633. The molecule has 15 heavy (non-hydrogen) atoms. The highest BCUT2D eigenvalue weighted by molar-refractivity contribution is 4.99. The summed E-state index contributed by atoms with van der Waals surface area (Å²) in [7, 11) is 0. The van der Waals surface area contributed by atoms with Crippen molar-refractivity contribution in [2.75, 3.05) is 0 Å². The quantitative estimate of drug-likeness (QED) is 0.751. The molecule has 0 heterocycles. The lowest BCUT2D eigenvalue weighted by Gasteiger charge is -2.49. The highest BCUT2D eigenvalue weighted by Gasteiger charge is 2.43. The maximum absolute atomic E-state index is 6.69. The highest BCUT2D eigenvalue weighted by atomic mass is 14.8. The van der Waals surface area contributed by atoms with Crippen molar-refractivity contribution in [1.82, 2.24) is 0 Å². The second-order valence-electron chi connectivity index (χ2n) is 6.60. The maximum Gasteiger partial charge on any atom is 0.0190 e. The fraction of sp³-hybridized carbons (Fsp3) is 1.00. The van der Waals surface area contributed by atoms with Gasteiger partial charge in [0.2, 0.25) is 0 Å². The normalized spacial score (nSPS) is 35.8. The third kappa shape index (κ3) is 2.96. The minimum atomic E-state index is 0.102. The van der Waals surface area contributed by atoms with Gasteiger partial charge in [-0.25, -0.2) is 0 Å². The Labute approximate surface area is 95.8 Å². The molecule has 1 rings (SSSR count). The van der Waals surface area contributed by atoms with E-state index in [2.05, 4.69) is 34.6 Å². The Bertz CT molecular complexity index is 205. The van der Waals surface area contributed by atoms with Crippen molar-refractivity contribution in [2.45, 2.75) is 72.3 Å². The number of hydrogen-bond donors (Lipinski definition) is 1. The van der Waals surface area contributed by atoms with E-state index in [-0.39, 0.29) is 5.54 Å². The molecule has 0 aliphatic heterocycles. The number of rotatable bonds is 3. The summed E-state index contributed by atoms with van der Waals surface area (Å²) in [5, 5.41) is 0. The zero-order valence-electron chi connectivity index (χ0n) is 11.3. The zero-order chi connectivity index (χ0) is 11.7. The topological polar surface area (TPSA) is 26.0 Å². The summed E-state index contributed by atoms with van der Waals surface area (Å²) >= 11 is 0. The fourth-order valence-electron chi connectivity index (χ4n) is 4.11. The van der Waals surface area contributed by atoms with Gasteiger partial charge in [0.15, 0.2) is 0 Å². The Morgan fingerprint density at radius 1 is 1.20 bits per heavy atom. The molecule has 90 valence electrons. The molecule has 1 heteroatoms. The number of nitrogens with two attached hydrogens (primary N) is 1. The average molecular weight is 211 g/mol. The van der Waals surface area contributed by atoms with Crippen LogP contribution >= 0.6 is 0 Å². The third-order valence-corrected chi connectivity index (χ3v) is 4.24. The van der Waals surface area contributed by atoms with Gasteiger partial charge in [-0.15, -0.1) is 0 Å². The van der Waals surface area contributed by atoms with Crippen molar-refractivity contribution < 1.29 is 0 Å². The molecule has 0 aromatic heterocycles. The van der Waals surface area contributed by atoms with Crippen LogP contribution in [-0.4, -0.2) is 5.54 Å². The van der Waals surface area contributed by atoms with Gasteiger partial charge >= 0.3 is 0 Å². The third-order valence-electron chi connectivity index (χ3n) is 4.24. The second-order valence-corrected chi connectivity index (χ2v) is 6.60. The average Bonchev–Trinajstić information content (AvgIpc) is 2.00. The van der Waals surface area contributed by atoms with Crippen LogP contribution in [0.4, 0.5) is 0 Å².